The summed E-state index contributed by atoms with van der Waals surface area (Å²) in [5, 5.41) is 3.08. The van der Waals surface area contributed by atoms with Crippen molar-refractivity contribution >= 4 is 50.0 Å². The van der Waals surface area contributed by atoms with E-state index in [1.54, 1.807) is 28.7 Å². The number of carbonyl (C=O) groups is 1. The number of aromatic nitrogens is 1. The van der Waals surface area contributed by atoms with Crippen LogP contribution in [0.4, 0.5) is 5.13 Å². The Hall–Kier alpha value is -2.18. The lowest BCUT2D eigenvalue weighted by molar-refractivity contribution is -0.126. The molecule has 3 aromatic rings. The fourth-order valence-electron chi connectivity index (χ4n) is 3.26. The second-order valence-corrected chi connectivity index (χ2v) is 8.57. The minimum Gasteiger partial charge on any atom is -0.345 e. The molecule has 0 unspecified atom stereocenters. The monoisotopic (exact) mass is 383 g/mol. The highest BCUT2D eigenvalue weighted by Crippen LogP contribution is 2.32. The number of carbonyl (C=O) groups excluding carboxylic acids is 1. The molecule has 0 bridgehead atoms. The molecule has 1 aliphatic heterocycles. The molecule has 0 spiro atoms. The molecule has 6 heteroatoms. The summed E-state index contributed by atoms with van der Waals surface area (Å²) in [5.74, 6) is 0.0915. The Kier molecular flexibility index (Phi) is 4.78. The Labute approximate surface area is 161 Å². The fourth-order valence-corrected chi connectivity index (χ4v) is 5.07. The lowest BCUT2D eigenvalue weighted by Gasteiger charge is -2.34. The van der Waals surface area contributed by atoms with E-state index in [0.29, 0.717) is 0 Å². The standard InChI is InChI=1S/C20H21N3OS2/c1-14-12-15(2)19-17(13-14)26-20(21-19)23-9-7-22(8-10-23)18(24)6-5-16-4-3-11-25-16/h3-6,11-13H,7-10H2,1-2H3/b6-5+. The molecule has 0 atom stereocenters. The first-order valence-electron chi connectivity index (χ1n) is 8.73. The summed E-state index contributed by atoms with van der Waals surface area (Å²) in [6.07, 6.45) is 3.59. The highest BCUT2D eigenvalue weighted by Gasteiger charge is 2.22. The number of hydrogen-bond donors (Lipinski definition) is 0. The van der Waals surface area contributed by atoms with E-state index in [1.807, 2.05) is 28.5 Å². The number of benzene rings is 1. The third-order valence-electron chi connectivity index (χ3n) is 4.61. The zero-order valence-corrected chi connectivity index (χ0v) is 16.6. The highest BCUT2D eigenvalue weighted by molar-refractivity contribution is 7.22. The highest BCUT2D eigenvalue weighted by atomic mass is 32.1. The molecule has 1 aliphatic rings. The molecule has 1 saturated heterocycles. The van der Waals surface area contributed by atoms with Crippen molar-refractivity contribution in [1.29, 1.82) is 0 Å². The number of piperazine rings is 1. The second-order valence-electron chi connectivity index (χ2n) is 6.59. The van der Waals surface area contributed by atoms with Crippen LogP contribution in [0.2, 0.25) is 0 Å². The quantitative estimate of drug-likeness (QED) is 0.632. The van der Waals surface area contributed by atoms with Gasteiger partial charge in [0.05, 0.1) is 10.2 Å². The second kappa shape index (κ2) is 7.21. The van der Waals surface area contributed by atoms with Crippen LogP contribution in [0.1, 0.15) is 16.0 Å². The molecule has 0 aliphatic carbocycles. The van der Waals surface area contributed by atoms with Crippen molar-refractivity contribution in [2.75, 3.05) is 31.1 Å². The van der Waals surface area contributed by atoms with Crippen LogP contribution in [0.15, 0.2) is 35.7 Å². The van der Waals surface area contributed by atoms with Gasteiger partial charge in [-0.3, -0.25) is 4.79 Å². The van der Waals surface area contributed by atoms with Crippen LogP contribution in [0.5, 0.6) is 0 Å². The third-order valence-corrected chi connectivity index (χ3v) is 6.51. The van der Waals surface area contributed by atoms with Gasteiger partial charge in [0.25, 0.3) is 0 Å². The van der Waals surface area contributed by atoms with E-state index in [-0.39, 0.29) is 5.91 Å². The fraction of sp³-hybridized carbons (Fsp3) is 0.300. The van der Waals surface area contributed by atoms with Gasteiger partial charge in [-0.15, -0.1) is 11.3 Å². The number of hydrogen-bond acceptors (Lipinski definition) is 5. The van der Waals surface area contributed by atoms with Crippen molar-refractivity contribution in [2.24, 2.45) is 0 Å². The Bertz CT molecular complexity index is 951. The molecule has 0 N–H and O–H groups in total. The Morgan fingerprint density at radius 1 is 1.19 bits per heavy atom. The lowest BCUT2D eigenvalue weighted by Crippen LogP contribution is -2.48. The summed E-state index contributed by atoms with van der Waals surface area (Å²) >= 11 is 3.39. The summed E-state index contributed by atoms with van der Waals surface area (Å²) in [7, 11) is 0. The van der Waals surface area contributed by atoms with Gasteiger partial charge in [0.15, 0.2) is 5.13 Å². The van der Waals surface area contributed by atoms with Crippen molar-refractivity contribution in [3.05, 3.63) is 51.7 Å². The minimum atomic E-state index is 0.0915. The smallest absolute Gasteiger partial charge is 0.246 e. The SMILES string of the molecule is Cc1cc(C)c2nc(N3CCN(C(=O)/C=C/c4cccs4)CC3)sc2c1. The summed E-state index contributed by atoms with van der Waals surface area (Å²) in [6, 6.07) is 8.40. The van der Waals surface area contributed by atoms with Crippen LogP contribution in [0.3, 0.4) is 0 Å². The topological polar surface area (TPSA) is 36.4 Å². The molecule has 0 saturated carbocycles. The number of thiophene rings is 1. The molecule has 3 heterocycles. The maximum atomic E-state index is 12.4. The Morgan fingerprint density at radius 3 is 2.73 bits per heavy atom. The van der Waals surface area contributed by atoms with Gasteiger partial charge < -0.3 is 9.80 Å². The molecule has 4 nitrogen and oxygen atoms in total. The number of anilines is 1. The number of fused-ring (bicyclic) bond motifs is 1. The molecule has 2 aromatic heterocycles. The van der Waals surface area contributed by atoms with Crippen molar-refractivity contribution in [3.63, 3.8) is 0 Å². The van der Waals surface area contributed by atoms with Gasteiger partial charge in [-0.2, -0.15) is 0 Å². The van der Waals surface area contributed by atoms with Crippen LogP contribution in [-0.2, 0) is 4.79 Å². The van der Waals surface area contributed by atoms with E-state index in [2.05, 4.69) is 30.9 Å². The maximum Gasteiger partial charge on any atom is 0.246 e. The van der Waals surface area contributed by atoms with E-state index in [4.69, 9.17) is 4.98 Å². The van der Waals surface area contributed by atoms with E-state index in [9.17, 15) is 4.79 Å². The molecule has 1 aromatic carbocycles. The summed E-state index contributed by atoms with van der Waals surface area (Å²) in [5.41, 5.74) is 3.61. The van der Waals surface area contributed by atoms with E-state index < -0.39 is 0 Å². The van der Waals surface area contributed by atoms with Gasteiger partial charge in [-0.25, -0.2) is 4.98 Å². The largest absolute Gasteiger partial charge is 0.345 e. The number of nitrogens with zero attached hydrogens (tertiary/aromatic N) is 3. The van der Waals surface area contributed by atoms with Gasteiger partial charge in [0.1, 0.15) is 0 Å². The zero-order chi connectivity index (χ0) is 18.1. The van der Waals surface area contributed by atoms with Crippen molar-refractivity contribution in [2.45, 2.75) is 13.8 Å². The molecule has 4 rings (SSSR count). The Balaban J connectivity index is 1.42. The molecule has 26 heavy (non-hydrogen) atoms. The number of aryl methyl sites for hydroxylation is 2. The van der Waals surface area contributed by atoms with E-state index in [0.717, 1.165) is 41.7 Å². The first kappa shape index (κ1) is 17.2. The van der Waals surface area contributed by atoms with Crippen LogP contribution in [0, 0.1) is 13.8 Å². The van der Waals surface area contributed by atoms with E-state index >= 15 is 0 Å². The number of amides is 1. The van der Waals surface area contributed by atoms with Crippen LogP contribution >= 0.6 is 22.7 Å². The van der Waals surface area contributed by atoms with Crippen molar-refractivity contribution in [1.82, 2.24) is 9.88 Å². The average Bonchev–Trinajstić information content (AvgIpc) is 3.29. The first-order valence-corrected chi connectivity index (χ1v) is 10.4. The molecular weight excluding hydrogens is 362 g/mol. The third kappa shape index (κ3) is 3.52. The first-order chi connectivity index (χ1) is 12.6. The Morgan fingerprint density at radius 2 is 2.00 bits per heavy atom. The maximum absolute atomic E-state index is 12.4. The molecular formula is C20H21N3OS2. The van der Waals surface area contributed by atoms with Crippen LogP contribution in [0.25, 0.3) is 16.3 Å². The zero-order valence-electron chi connectivity index (χ0n) is 14.9. The molecule has 0 radical (unpaired) electrons. The van der Waals surface area contributed by atoms with Crippen molar-refractivity contribution in [3.8, 4) is 0 Å². The van der Waals surface area contributed by atoms with Gasteiger partial charge in [-0.1, -0.05) is 23.5 Å². The van der Waals surface area contributed by atoms with E-state index in [1.165, 1.54) is 15.8 Å². The number of thiazole rings is 1. The molecule has 1 fully saturated rings. The summed E-state index contributed by atoms with van der Waals surface area (Å²) in [4.78, 5) is 22.5. The van der Waals surface area contributed by atoms with Gasteiger partial charge >= 0.3 is 0 Å². The predicted octanol–water partition coefficient (Wildman–Crippen LogP) is 4.34. The van der Waals surface area contributed by atoms with Gasteiger partial charge in [0.2, 0.25) is 5.91 Å². The van der Waals surface area contributed by atoms with Gasteiger partial charge in [0, 0.05) is 37.1 Å². The number of rotatable bonds is 3. The van der Waals surface area contributed by atoms with Crippen molar-refractivity contribution < 1.29 is 4.79 Å². The minimum absolute atomic E-state index is 0.0915. The van der Waals surface area contributed by atoms with Gasteiger partial charge in [-0.05, 0) is 48.6 Å². The summed E-state index contributed by atoms with van der Waals surface area (Å²) < 4.78 is 1.25. The summed E-state index contributed by atoms with van der Waals surface area (Å²) in [6.45, 7) is 7.38. The average molecular weight is 384 g/mol. The van der Waals surface area contributed by atoms with Crippen LogP contribution < -0.4 is 4.90 Å². The molecule has 134 valence electrons. The predicted molar refractivity (Wildman–Crippen MR) is 111 cm³/mol. The molecule has 1 amide bonds. The normalized spacial score (nSPS) is 15.3. The lowest BCUT2D eigenvalue weighted by atomic mass is 10.1. The van der Waals surface area contributed by atoms with Crippen LogP contribution in [-0.4, -0.2) is 42.0 Å².